The molecule has 0 radical (unpaired) electrons. The van der Waals surface area contributed by atoms with Crippen LogP contribution >= 0.6 is 23.4 Å². The molecule has 1 atom stereocenters. The van der Waals surface area contributed by atoms with Crippen LogP contribution < -0.4 is 15.9 Å². The van der Waals surface area contributed by atoms with Gasteiger partial charge in [-0.05, 0) is 67.0 Å². The smallest absolute Gasteiger partial charge is 0.355 e. The zero-order valence-electron chi connectivity index (χ0n) is 25.5. The Morgan fingerprint density at radius 2 is 2.04 bits per heavy atom. The number of anilines is 2. The molecule has 9 nitrogen and oxygen atoms in total. The van der Waals surface area contributed by atoms with E-state index in [1.54, 1.807) is 28.8 Å². The van der Waals surface area contributed by atoms with Gasteiger partial charge in [-0.2, -0.15) is 16.7 Å². The van der Waals surface area contributed by atoms with E-state index in [2.05, 4.69) is 16.9 Å². The third-order valence-corrected chi connectivity index (χ3v) is 9.66. The summed E-state index contributed by atoms with van der Waals surface area (Å²) < 4.78 is 17.7. The maximum absolute atomic E-state index is 16.2. The summed E-state index contributed by atoms with van der Waals surface area (Å²) in [5, 5.41) is 4.13. The SMILES string of the molecule is C=CC(=O)N1CCN(c2nc(=O)n3c4nc(c(F)cc24)-c2cc(ccc2Cl)NCCCSCc2cnc(C(C)C)c-3c2)[C@@H](C)C1. The van der Waals surface area contributed by atoms with Crippen LogP contribution in [-0.4, -0.2) is 68.3 Å². The number of nitrogens with one attached hydrogen (secondary N) is 1. The number of carbonyl (C=O) groups is 1. The van der Waals surface area contributed by atoms with Crippen LogP contribution in [-0.2, 0) is 10.5 Å². The number of thioether (sulfide) groups is 1. The molecule has 1 fully saturated rings. The minimum atomic E-state index is -0.587. The number of hydrogen-bond acceptors (Lipinski definition) is 8. The Morgan fingerprint density at radius 3 is 2.80 bits per heavy atom. The zero-order chi connectivity index (χ0) is 31.8. The first-order valence-corrected chi connectivity index (χ1v) is 16.6. The van der Waals surface area contributed by atoms with Crippen LogP contribution in [0, 0.1) is 5.82 Å². The van der Waals surface area contributed by atoms with Crippen LogP contribution in [0.25, 0.3) is 28.0 Å². The molecule has 234 valence electrons. The fourth-order valence-corrected chi connectivity index (χ4v) is 7.05. The van der Waals surface area contributed by atoms with E-state index in [9.17, 15) is 9.59 Å². The van der Waals surface area contributed by atoms with Gasteiger partial charge in [0.1, 0.15) is 17.3 Å². The number of fused-ring (bicyclic) bond motifs is 7. The van der Waals surface area contributed by atoms with E-state index in [0.29, 0.717) is 52.8 Å². The second-order valence-corrected chi connectivity index (χ2v) is 13.2. The van der Waals surface area contributed by atoms with Crippen molar-refractivity contribution in [2.24, 2.45) is 0 Å². The number of pyridine rings is 2. The molecule has 0 spiro atoms. The van der Waals surface area contributed by atoms with Crippen molar-refractivity contribution in [3.8, 4) is 16.9 Å². The molecule has 1 saturated heterocycles. The molecule has 1 aromatic carbocycles. The Kier molecular flexibility index (Phi) is 8.83. The summed E-state index contributed by atoms with van der Waals surface area (Å²) in [5.41, 5.74) is 3.22. The molecule has 6 rings (SSSR count). The molecule has 0 unspecified atom stereocenters. The van der Waals surface area contributed by atoms with E-state index >= 15 is 4.39 Å². The Hall–Kier alpha value is -3.96. The summed E-state index contributed by atoms with van der Waals surface area (Å²) in [4.78, 5) is 44.4. The number of amides is 1. The lowest BCUT2D eigenvalue weighted by Crippen LogP contribution is -2.54. The zero-order valence-corrected chi connectivity index (χ0v) is 27.1. The molecule has 3 aromatic heterocycles. The molecular formula is C33H35ClFN7O2S. The second-order valence-electron chi connectivity index (χ2n) is 11.7. The third kappa shape index (κ3) is 6.03. The number of benzene rings is 1. The van der Waals surface area contributed by atoms with E-state index in [-0.39, 0.29) is 29.2 Å². The molecule has 2 aliphatic rings. The van der Waals surface area contributed by atoms with Crippen molar-refractivity contribution in [1.82, 2.24) is 24.4 Å². The van der Waals surface area contributed by atoms with Crippen LogP contribution in [0.4, 0.5) is 15.9 Å². The number of hydrogen-bond donors (Lipinski definition) is 1. The average Bonchev–Trinajstić information content (AvgIpc) is 3.02. The summed E-state index contributed by atoms with van der Waals surface area (Å²) in [6.45, 7) is 11.5. The molecule has 0 saturated carbocycles. The minimum Gasteiger partial charge on any atom is -0.385 e. The lowest BCUT2D eigenvalue weighted by atomic mass is 10.1. The highest BCUT2D eigenvalue weighted by molar-refractivity contribution is 7.98. The Morgan fingerprint density at radius 1 is 1.22 bits per heavy atom. The van der Waals surface area contributed by atoms with Crippen LogP contribution in [0.5, 0.6) is 0 Å². The molecule has 4 aromatic rings. The number of piperazine rings is 1. The van der Waals surface area contributed by atoms with E-state index < -0.39 is 11.5 Å². The highest BCUT2D eigenvalue weighted by Gasteiger charge is 2.30. The van der Waals surface area contributed by atoms with Gasteiger partial charge in [0.25, 0.3) is 0 Å². The maximum atomic E-state index is 16.2. The normalized spacial score (nSPS) is 17.1. The molecule has 45 heavy (non-hydrogen) atoms. The Balaban J connectivity index is 1.64. The van der Waals surface area contributed by atoms with Gasteiger partial charge in [-0.15, -0.1) is 0 Å². The van der Waals surface area contributed by atoms with Crippen LogP contribution in [0.2, 0.25) is 5.02 Å². The summed E-state index contributed by atoms with van der Waals surface area (Å²) in [6, 6.07) is 8.55. The quantitative estimate of drug-likeness (QED) is 0.269. The van der Waals surface area contributed by atoms with Gasteiger partial charge in [-0.25, -0.2) is 18.7 Å². The molecule has 12 heteroatoms. The van der Waals surface area contributed by atoms with Crippen molar-refractivity contribution in [3.05, 3.63) is 81.8 Å². The molecule has 2 aliphatic heterocycles. The number of carbonyl (C=O) groups excluding carboxylic acids is 1. The summed E-state index contributed by atoms with van der Waals surface area (Å²) >= 11 is 8.44. The predicted molar refractivity (Wildman–Crippen MR) is 180 cm³/mol. The number of aromatic nitrogens is 4. The first-order chi connectivity index (χ1) is 21.7. The average molecular weight is 648 g/mol. The van der Waals surface area contributed by atoms with Gasteiger partial charge in [0.05, 0.1) is 21.8 Å². The fraction of sp³-hybridized carbons (Fsp3) is 0.364. The summed E-state index contributed by atoms with van der Waals surface area (Å²) in [6.07, 6.45) is 4.08. The van der Waals surface area contributed by atoms with Gasteiger partial charge < -0.3 is 15.1 Å². The third-order valence-electron chi connectivity index (χ3n) is 8.21. The maximum Gasteiger partial charge on any atom is 0.355 e. The first kappa shape index (κ1) is 31.0. The second kappa shape index (κ2) is 12.8. The lowest BCUT2D eigenvalue weighted by molar-refractivity contribution is -0.126. The lowest BCUT2D eigenvalue weighted by Gasteiger charge is -2.40. The van der Waals surface area contributed by atoms with E-state index in [1.165, 1.54) is 16.7 Å². The number of rotatable bonds is 3. The van der Waals surface area contributed by atoms with E-state index in [1.807, 2.05) is 44.0 Å². The fourth-order valence-electron chi connectivity index (χ4n) is 5.95. The van der Waals surface area contributed by atoms with Gasteiger partial charge in [0.15, 0.2) is 5.65 Å². The van der Waals surface area contributed by atoms with Gasteiger partial charge in [0.2, 0.25) is 5.91 Å². The monoisotopic (exact) mass is 647 g/mol. The van der Waals surface area contributed by atoms with Crippen molar-refractivity contribution >= 4 is 51.8 Å². The topological polar surface area (TPSA) is 96.3 Å². The predicted octanol–water partition coefficient (Wildman–Crippen LogP) is 6.03. The number of nitrogens with zero attached hydrogens (tertiary/aromatic N) is 6. The van der Waals surface area contributed by atoms with Crippen LogP contribution in [0.1, 0.15) is 44.4 Å². The van der Waals surface area contributed by atoms with Crippen molar-refractivity contribution in [3.63, 3.8) is 0 Å². The van der Waals surface area contributed by atoms with Crippen molar-refractivity contribution in [1.29, 1.82) is 0 Å². The molecular weight excluding hydrogens is 613 g/mol. The van der Waals surface area contributed by atoms with Crippen molar-refractivity contribution in [2.45, 2.75) is 44.9 Å². The van der Waals surface area contributed by atoms with E-state index in [0.717, 1.165) is 35.7 Å². The standard InChI is InChI=1S/C33H35ClFN7O2S/c1-5-28(43)40-10-11-41(20(4)17-40)31-24-15-26(35)30-23-14-22(7-8-25(23)34)36-9-6-12-45-18-21-13-27(29(19(2)3)37-16-21)42(32(24)38-30)33(44)39-31/h5,7-8,13-16,19-20,36H,1,6,9-12,17-18H2,2-4H3/t20-/m0/s1. The minimum absolute atomic E-state index is 0.0125. The van der Waals surface area contributed by atoms with Gasteiger partial charge in [-0.3, -0.25) is 9.78 Å². The van der Waals surface area contributed by atoms with Gasteiger partial charge in [-0.1, -0.05) is 32.0 Å². The molecule has 1 amide bonds. The largest absolute Gasteiger partial charge is 0.385 e. The van der Waals surface area contributed by atoms with Crippen LogP contribution in [0.15, 0.2) is 54.0 Å². The molecule has 1 N–H and O–H groups in total. The van der Waals surface area contributed by atoms with Crippen molar-refractivity contribution in [2.75, 3.05) is 42.1 Å². The first-order valence-electron chi connectivity index (χ1n) is 15.1. The molecule has 6 bridgehead atoms. The van der Waals surface area contributed by atoms with Gasteiger partial charge >= 0.3 is 5.69 Å². The Labute approximate surface area is 270 Å². The van der Waals surface area contributed by atoms with Crippen LogP contribution in [0.3, 0.4) is 0 Å². The summed E-state index contributed by atoms with van der Waals surface area (Å²) in [5.74, 6) is 1.21. The molecule has 5 heterocycles. The molecule has 0 aliphatic carbocycles. The summed E-state index contributed by atoms with van der Waals surface area (Å²) in [7, 11) is 0. The highest BCUT2D eigenvalue weighted by atomic mass is 35.5. The highest BCUT2D eigenvalue weighted by Crippen LogP contribution is 2.36. The van der Waals surface area contributed by atoms with Gasteiger partial charge in [0, 0.05) is 55.4 Å². The van der Waals surface area contributed by atoms with E-state index in [4.69, 9.17) is 21.6 Å². The Bertz CT molecular complexity index is 1860. The number of halogens is 2. The van der Waals surface area contributed by atoms with Crippen molar-refractivity contribution < 1.29 is 9.18 Å².